The third kappa shape index (κ3) is 2.80. The Hall–Kier alpha value is -1.16. The molecule has 1 saturated carbocycles. The van der Waals surface area contributed by atoms with Crippen LogP contribution >= 0.6 is 0 Å². The third-order valence-corrected chi connectivity index (χ3v) is 3.58. The summed E-state index contributed by atoms with van der Waals surface area (Å²) in [5.41, 5.74) is 0.600. The van der Waals surface area contributed by atoms with E-state index in [9.17, 15) is 13.9 Å². The highest BCUT2D eigenvalue weighted by Crippen LogP contribution is 2.43. The average molecular weight is 256 g/mol. The molecule has 2 rings (SSSR count). The van der Waals surface area contributed by atoms with E-state index >= 15 is 0 Å². The smallest absolute Gasteiger partial charge is 0.248 e. The van der Waals surface area contributed by atoms with Crippen molar-refractivity contribution in [3.05, 3.63) is 29.8 Å². The van der Waals surface area contributed by atoms with E-state index in [1.54, 1.807) is 24.3 Å². The lowest BCUT2D eigenvalue weighted by Gasteiger charge is -2.32. The van der Waals surface area contributed by atoms with Crippen LogP contribution in [0, 0.1) is 5.92 Å². The van der Waals surface area contributed by atoms with E-state index in [0.717, 1.165) is 0 Å². The van der Waals surface area contributed by atoms with E-state index in [1.165, 1.54) is 7.11 Å². The van der Waals surface area contributed by atoms with Gasteiger partial charge in [-0.2, -0.15) is 0 Å². The third-order valence-electron chi connectivity index (χ3n) is 3.58. The number of halogens is 2. The molecule has 1 aromatic carbocycles. The molecule has 18 heavy (non-hydrogen) atoms. The maximum atomic E-state index is 13.4. The van der Waals surface area contributed by atoms with E-state index in [0.29, 0.717) is 24.2 Å². The predicted octanol–water partition coefficient (Wildman–Crippen LogP) is 3.55. The van der Waals surface area contributed by atoms with Gasteiger partial charge >= 0.3 is 0 Å². The molecule has 2 atom stereocenters. The average Bonchev–Trinajstić information content (AvgIpc) is 2.36. The van der Waals surface area contributed by atoms with Crippen LogP contribution < -0.4 is 4.74 Å². The zero-order valence-corrected chi connectivity index (χ0v) is 10.4. The minimum absolute atomic E-state index is 0.0673. The number of ether oxygens (including phenoxy) is 1. The van der Waals surface area contributed by atoms with E-state index in [2.05, 4.69) is 0 Å². The number of hydrogen-bond donors (Lipinski definition) is 1. The molecule has 1 aliphatic carbocycles. The van der Waals surface area contributed by atoms with Crippen LogP contribution in [0.4, 0.5) is 8.78 Å². The molecule has 1 N–H and O–H groups in total. The van der Waals surface area contributed by atoms with Gasteiger partial charge in [0, 0.05) is 18.4 Å². The fourth-order valence-electron chi connectivity index (χ4n) is 2.64. The molecule has 4 heteroatoms. The van der Waals surface area contributed by atoms with Crippen molar-refractivity contribution in [3.63, 3.8) is 0 Å². The Bertz CT molecular complexity index is 407. The van der Waals surface area contributed by atoms with Crippen molar-refractivity contribution in [2.75, 3.05) is 7.11 Å². The molecular formula is C14H18F2O2. The molecule has 100 valence electrons. The molecule has 2 unspecified atom stereocenters. The molecule has 0 amide bonds. The Kier molecular flexibility index (Phi) is 3.85. The summed E-state index contributed by atoms with van der Waals surface area (Å²) in [7, 11) is 1.51. The van der Waals surface area contributed by atoms with E-state index < -0.39 is 17.9 Å². The van der Waals surface area contributed by atoms with Gasteiger partial charge in [0.1, 0.15) is 5.75 Å². The summed E-state index contributed by atoms with van der Waals surface area (Å²) >= 11 is 0. The van der Waals surface area contributed by atoms with Crippen LogP contribution in [0.2, 0.25) is 0 Å². The summed E-state index contributed by atoms with van der Waals surface area (Å²) in [5.74, 6) is -2.49. The van der Waals surface area contributed by atoms with Crippen molar-refractivity contribution in [2.24, 2.45) is 5.92 Å². The summed E-state index contributed by atoms with van der Waals surface area (Å²) in [5, 5.41) is 10.3. The minimum Gasteiger partial charge on any atom is -0.496 e. The second kappa shape index (κ2) is 5.22. The monoisotopic (exact) mass is 256 g/mol. The molecular weight excluding hydrogens is 238 g/mol. The zero-order chi connectivity index (χ0) is 13.2. The first-order valence-electron chi connectivity index (χ1n) is 6.22. The lowest BCUT2D eigenvalue weighted by atomic mass is 9.80. The van der Waals surface area contributed by atoms with Crippen LogP contribution in [0.15, 0.2) is 24.3 Å². The fraction of sp³-hybridized carbons (Fsp3) is 0.571. The number of benzene rings is 1. The van der Waals surface area contributed by atoms with Crippen molar-refractivity contribution in [2.45, 2.75) is 37.7 Å². The Morgan fingerprint density at radius 2 is 2.11 bits per heavy atom. The van der Waals surface area contributed by atoms with Gasteiger partial charge in [-0.1, -0.05) is 18.2 Å². The second-order valence-electron chi connectivity index (χ2n) is 4.90. The van der Waals surface area contributed by atoms with Crippen molar-refractivity contribution < 1.29 is 18.6 Å². The molecule has 0 saturated heterocycles. The molecule has 2 nitrogen and oxygen atoms in total. The number of para-hydroxylation sites is 1. The van der Waals surface area contributed by atoms with Gasteiger partial charge in [-0.25, -0.2) is 8.78 Å². The first-order valence-corrected chi connectivity index (χ1v) is 6.22. The highest BCUT2D eigenvalue weighted by molar-refractivity contribution is 5.35. The summed E-state index contributed by atoms with van der Waals surface area (Å²) in [6.07, 6.45) is -0.0973. The predicted molar refractivity (Wildman–Crippen MR) is 64.9 cm³/mol. The van der Waals surface area contributed by atoms with Gasteiger partial charge in [0.2, 0.25) is 5.92 Å². The molecule has 1 fully saturated rings. The van der Waals surface area contributed by atoms with Gasteiger partial charge in [0.15, 0.2) is 0 Å². The highest BCUT2D eigenvalue weighted by Gasteiger charge is 2.39. The van der Waals surface area contributed by atoms with Crippen LogP contribution in [0.25, 0.3) is 0 Å². The molecule has 1 aliphatic rings. The zero-order valence-electron chi connectivity index (χ0n) is 10.4. The Morgan fingerprint density at radius 1 is 1.39 bits per heavy atom. The molecule has 0 aromatic heterocycles. The van der Waals surface area contributed by atoms with Gasteiger partial charge in [-0.3, -0.25) is 0 Å². The first kappa shape index (κ1) is 13.3. The van der Waals surface area contributed by atoms with Gasteiger partial charge in [0.25, 0.3) is 0 Å². The van der Waals surface area contributed by atoms with E-state index in [-0.39, 0.29) is 12.8 Å². The topological polar surface area (TPSA) is 29.5 Å². The van der Waals surface area contributed by atoms with Gasteiger partial charge in [-0.15, -0.1) is 0 Å². The van der Waals surface area contributed by atoms with Crippen molar-refractivity contribution >= 4 is 0 Å². The largest absolute Gasteiger partial charge is 0.496 e. The summed E-state index contributed by atoms with van der Waals surface area (Å²) in [6, 6.07) is 7.04. The minimum atomic E-state index is -2.65. The quantitative estimate of drug-likeness (QED) is 0.896. The molecule has 0 heterocycles. The number of methoxy groups -OCH3 is 1. The number of aliphatic hydroxyl groups excluding tert-OH is 1. The lowest BCUT2D eigenvalue weighted by molar-refractivity contribution is -0.0764. The number of aliphatic hydroxyl groups is 1. The van der Waals surface area contributed by atoms with Gasteiger partial charge < -0.3 is 9.84 Å². The molecule has 0 aliphatic heterocycles. The Morgan fingerprint density at radius 3 is 2.78 bits per heavy atom. The molecule has 0 bridgehead atoms. The summed E-state index contributed by atoms with van der Waals surface area (Å²) in [6.45, 7) is 0. The number of alkyl halides is 2. The van der Waals surface area contributed by atoms with E-state index in [4.69, 9.17) is 4.74 Å². The van der Waals surface area contributed by atoms with Gasteiger partial charge in [0.05, 0.1) is 13.2 Å². The first-order chi connectivity index (χ1) is 8.53. The lowest BCUT2D eigenvalue weighted by Crippen LogP contribution is -2.29. The van der Waals surface area contributed by atoms with Crippen molar-refractivity contribution in [1.29, 1.82) is 0 Å². The van der Waals surface area contributed by atoms with Crippen LogP contribution in [0.3, 0.4) is 0 Å². The highest BCUT2D eigenvalue weighted by atomic mass is 19.3. The maximum Gasteiger partial charge on any atom is 0.248 e. The van der Waals surface area contributed by atoms with Gasteiger partial charge in [-0.05, 0) is 24.8 Å². The number of rotatable bonds is 3. The number of hydrogen-bond acceptors (Lipinski definition) is 2. The molecule has 1 aromatic rings. The van der Waals surface area contributed by atoms with Crippen LogP contribution in [-0.4, -0.2) is 18.1 Å². The van der Waals surface area contributed by atoms with Crippen molar-refractivity contribution in [3.8, 4) is 5.75 Å². The van der Waals surface area contributed by atoms with Crippen molar-refractivity contribution in [1.82, 2.24) is 0 Å². The second-order valence-corrected chi connectivity index (χ2v) is 4.90. The summed E-state index contributed by atoms with van der Waals surface area (Å²) in [4.78, 5) is 0. The van der Waals surface area contributed by atoms with Crippen LogP contribution in [0.1, 0.15) is 37.4 Å². The normalized spacial score (nSPS) is 24.6. The van der Waals surface area contributed by atoms with Crippen LogP contribution in [0.5, 0.6) is 5.75 Å². The van der Waals surface area contributed by atoms with Crippen LogP contribution in [-0.2, 0) is 0 Å². The maximum absolute atomic E-state index is 13.4. The Balaban J connectivity index is 2.17. The van der Waals surface area contributed by atoms with E-state index in [1.807, 2.05) is 0 Å². The SMILES string of the molecule is COc1ccccc1C(O)C1CCCC(F)(F)C1. The Labute approximate surface area is 106 Å². The summed E-state index contributed by atoms with van der Waals surface area (Å²) < 4.78 is 31.9. The fourth-order valence-corrected chi connectivity index (χ4v) is 2.64. The molecule has 0 spiro atoms. The molecule has 0 radical (unpaired) electrons. The standard InChI is InChI=1S/C14H18F2O2/c1-18-12-7-3-2-6-11(12)13(17)10-5-4-8-14(15,16)9-10/h2-3,6-7,10,13,17H,4-5,8-9H2,1H3.